The van der Waals surface area contributed by atoms with E-state index in [2.05, 4.69) is 50.2 Å². The molecular weight excluding hydrogens is 382 g/mol. The van der Waals surface area contributed by atoms with Crippen molar-refractivity contribution in [3.63, 3.8) is 0 Å². The van der Waals surface area contributed by atoms with Crippen molar-refractivity contribution < 1.29 is 4.74 Å². The molecule has 4 heteroatoms. The smallest absolute Gasteiger partial charge is 0.137 e. The average molecular weight is 405 g/mol. The first-order chi connectivity index (χ1) is 9.63. The molecule has 2 rings (SSSR count). The number of ether oxygens (including phenoxy) is 1. The Bertz CT molecular complexity index is 450. The summed E-state index contributed by atoms with van der Waals surface area (Å²) in [4.78, 5) is 0. The summed E-state index contributed by atoms with van der Waals surface area (Å²) < 4.78 is 7.59. The highest BCUT2D eigenvalue weighted by atomic mass is 79.9. The number of halogens is 2. The van der Waals surface area contributed by atoms with Crippen LogP contribution in [-0.2, 0) is 6.54 Å². The minimum atomic E-state index is 0.649. The maximum atomic E-state index is 5.51. The SMILES string of the molecule is CCC1CCCC(NCc2cc(Br)cc(Br)c2OC)C1. The Hall–Kier alpha value is -0.0600. The van der Waals surface area contributed by atoms with E-state index in [1.807, 2.05) is 6.07 Å². The lowest BCUT2D eigenvalue weighted by atomic mass is 9.84. The molecule has 1 aliphatic carbocycles. The lowest BCUT2D eigenvalue weighted by Crippen LogP contribution is -2.33. The zero-order chi connectivity index (χ0) is 14.5. The Balaban J connectivity index is 2.00. The highest BCUT2D eigenvalue weighted by Gasteiger charge is 2.20. The van der Waals surface area contributed by atoms with Gasteiger partial charge in [-0.1, -0.05) is 42.1 Å². The summed E-state index contributed by atoms with van der Waals surface area (Å²) >= 11 is 7.11. The molecule has 0 aliphatic heterocycles. The summed E-state index contributed by atoms with van der Waals surface area (Å²) in [6.07, 6.45) is 6.68. The molecule has 0 saturated heterocycles. The maximum Gasteiger partial charge on any atom is 0.137 e. The molecule has 0 radical (unpaired) electrons. The third-order valence-corrected chi connectivity index (χ3v) is 5.28. The van der Waals surface area contributed by atoms with Crippen LogP contribution >= 0.6 is 31.9 Å². The molecule has 2 nitrogen and oxygen atoms in total. The summed E-state index contributed by atoms with van der Waals surface area (Å²) in [6, 6.07) is 4.81. The molecule has 1 fully saturated rings. The minimum absolute atomic E-state index is 0.649. The van der Waals surface area contributed by atoms with Crippen LogP contribution in [0.1, 0.15) is 44.6 Å². The number of hydrogen-bond donors (Lipinski definition) is 1. The fraction of sp³-hybridized carbons (Fsp3) is 0.625. The number of hydrogen-bond acceptors (Lipinski definition) is 2. The highest BCUT2D eigenvalue weighted by Crippen LogP contribution is 2.33. The first-order valence-corrected chi connectivity index (χ1v) is 8.98. The second kappa shape index (κ2) is 7.81. The van der Waals surface area contributed by atoms with Gasteiger partial charge in [0.2, 0.25) is 0 Å². The van der Waals surface area contributed by atoms with Gasteiger partial charge in [0.1, 0.15) is 5.75 Å². The molecule has 1 aromatic rings. The van der Waals surface area contributed by atoms with Crippen LogP contribution in [0.3, 0.4) is 0 Å². The molecule has 2 unspecified atom stereocenters. The van der Waals surface area contributed by atoms with Crippen LogP contribution in [0.2, 0.25) is 0 Å². The molecule has 0 bridgehead atoms. The lowest BCUT2D eigenvalue weighted by molar-refractivity contribution is 0.277. The quantitative estimate of drug-likeness (QED) is 0.720. The summed E-state index contributed by atoms with van der Waals surface area (Å²) in [7, 11) is 1.73. The van der Waals surface area contributed by atoms with E-state index in [0.29, 0.717) is 6.04 Å². The molecule has 2 atom stereocenters. The van der Waals surface area contributed by atoms with Gasteiger partial charge in [0.05, 0.1) is 11.6 Å². The number of benzene rings is 1. The predicted octanol–water partition coefficient (Wildman–Crippen LogP) is 5.28. The summed E-state index contributed by atoms with van der Waals surface area (Å²) in [5, 5.41) is 3.71. The zero-order valence-electron chi connectivity index (χ0n) is 12.2. The van der Waals surface area contributed by atoms with Gasteiger partial charge >= 0.3 is 0 Å². The molecule has 1 aromatic carbocycles. The minimum Gasteiger partial charge on any atom is -0.495 e. The first kappa shape index (κ1) is 16.3. The summed E-state index contributed by atoms with van der Waals surface area (Å²) in [5.41, 5.74) is 1.20. The molecule has 0 heterocycles. The molecule has 1 aliphatic rings. The van der Waals surface area contributed by atoms with Crippen LogP contribution in [0.5, 0.6) is 5.75 Å². The van der Waals surface area contributed by atoms with E-state index in [1.165, 1.54) is 37.7 Å². The van der Waals surface area contributed by atoms with Crippen molar-refractivity contribution in [1.82, 2.24) is 5.32 Å². The summed E-state index contributed by atoms with van der Waals surface area (Å²) in [6.45, 7) is 3.17. The van der Waals surface area contributed by atoms with Gasteiger partial charge in [0.25, 0.3) is 0 Å². The van der Waals surface area contributed by atoms with E-state index in [-0.39, 0.29) is 0 Å². The van der Waals surface area contributed by atoms with Crippen molar-refractivity contribution in [2.45, 2.75) is 51.6 Å². The van der Waals surface area contributed by atoms with Gasteiger partial charge in [-0.15, -0.1) is 0 Å². The normalized spacial score (nSPS) is 22.8. The van der Waals surface area contributed by atoms with Crippen LogP contribution < -0.4 is 10.1 Å². The van der Waals surface area contributed by atoms with Gasteiger partial charge in [-0.3, -0.25) is 0 Å². The van der Waals surface area contributed by atoms with Crippen molar-refractivity contribution in [3.05, 3.63) is 26.6 Å². The molecule has 20 heavy (non-hydrogen) atoms. The lowest BCUT2D eigenvalue weighted by Gasteiger charge is -2.29. The van der Waals surface area contributed by atoms with Gasteiger partial charge in [-0.25, -0.2) is 0 Å². The standard InChI is InChI=1S/C16H23Br2NO/c1-3-11-5-4-6-14(7-11)19-10-12-8-13(17)9-15(18)16(12)20-2/h8-9,11,14,19H,3-7,10H2,1-2H3. The molecule has 1 saturated carbocycles. The van der Waals surface area contributed by atoms with E-state index >= 15 is 0 Å². The van der Waals surface area contributed by atoms with Crippen molar-refractivity contribution in [2.24, 2.45) is 5.92 Å². The largest absolute Gasteiger partial charge is 0.495 e. The van der Waals surface area contributed by atoms with Gasteiger partial charge < -0.3 is 10.1 Å². The second-order valence-corrected chi connectivity index (χ2v) is 7.37. The van der Waals surface area contributed by atoms with Crippen molar-refractivity contribution in [3.8, 4) is 5.75 Å². The Morgan fingerprint density at radius 1 is 1.30 bits per heavy atom. The predicted molar refractivity (Wildman–Crippen MR) is 91.3 cm³/mol. The first-order valence-electron chi connectivity index (χ1n) is 7.39. The monoisotopic (exact) mass is 403 g/mol. The van der Waals surface area contributed by atoms with E-state index in [1.54, 1.807) is 7.11 Å². The third kappa shape index (κ3) is 4.22. The van der Waals surface area contributed by atoms with Gasteiger partial charge in [-0.2, -0.15) is 0 Å². The molecule has 0 aromatic heterocycles. The van der Waals surface area contributed by atoms with Crippen molar-refractivity contribution in [1.29, 1.82) is 0 Å². The van der Waals surface area contributed by atoms with E-state index in [0.717, 1.165) is 27.2 Å². The molecule has 1 N–H and O–H groups in total. The second-order valence-electron chi connectivity index (χ2n) is 5.60. The third-order valence-electron chi connectivity index (χ3n) is 4.23. The molecule has 0 spiro atoms. The van der Waals surface area contributed by atoms with E-state index in [9.17, 15) is 0 Å². The van der Waals surface area contributed by atoms with Crippen molar-refractivity contribution >= 4 is 31.9 Å². The molecule has 0 amide bonds. The Labute approximate surface area is 138 Å². The van der Waals surface area contributed by atoms with Crippen molar-refractivity contribution in [2.75, 3.05) is 7.11 Å². The highest BCUT2D eigenvalue weighted by molar-refractivity contribution is 9.11. The van der Waals surface area contributed by atoms with Crippen LogP contribution in [0, 0.1) is 5.92 Å². The van der Waals surface area contributed by atoms with E-state index < -0.39 is 0 Å². The zero-order valence-corrected chi connectivity index (χ0v) is 15.4. The van der Waals surface area contributed by atoms with E-state index in [4.69, 9.17) is 4.74 Å². The Kier molecular flexibility index (Phi) is 6.37. The molecular formula is C16H23Br2NO. The van der Waals surface area contributed by atoms with Crippen LogP contribution in [0.25, 0.3) is 0 Å². The topological polar surface area (TPSA) is 21.3 Å². The van der Waals surface area contributed by atoms with Gasteiger partial charge in [-0.05, 0) is 46.8 Å². The van der Waals surface area contributed by atoms with Crippen LogP contribution in [-0.4, -0.2) is 13.2 Å². The maximum absolute atomic E-state index is 5.51. The number of nitrogens with one attached hydrogen (secondary N) is 1. The van der Waals surface area contributed by atoms with Crippen LogP contribution in [0.4, 0.5) is 0 Å². The Morgan fingerprint density at radius 3 is 2.80 bits per heavy atom. The number of rotatable bonds is 5. The summed E-state index contributed by atoms with van der Waals surface area (Å²) in [5.74, 6) is 1.83. The fourth-order valence-electron chi connectivity index (χ4n) is 3.08. The fourth-order valence-corrected chi connectivity index (χ4v) is 4.55. The Morgan fingerprint density at radius 2 is 2.10 bits per heavy atom. The average Bonchev–Trinajstić information content (AvgIpc) is 2.45. The van der Waals surface area contributed by atoms with Crippen LogP contribution in [0.15, 0.2) is 21.1 Å². The number of methoxy groups -OCH3 is 1. The molecule has 112 valence electrons. The van der Waals surface area contributed by atoms with Gasteiger partial charge in [0, 0.05) is 22.6 Å². The van der Waals surface area contributed by atoms with Gasteiger partial charge in [0.15, 0.2) is 0 Å².